The number of amides is 1. The minimum atomic E-state index is 0.125. The van der Waals surface area contributed by atoms with E-state index < -0.39 is 0 Å². The third kappa shape index (κ3) is 3.54. The van der Waals surface area contributed by atoms with Gasteiger partial charge in [0.05, 0.1) is 4.88 Å². The molecule has 0 bridgehead atoms. The summed E-state index contributed by atoms with van der Waals surface area (Å²) in [7, 11) is 0. The Balaban J connectivity index is 1.78. The first-order valence-corrected chi connectivity index (χ1v) is 9.46. The summed E-state index contributed by atoms with van der Waals surface area (Å²) in [5.74, 6) is 1.72. The molecule has 3 rings (SSSR count). The van der Waals surface area contributed by atoms with Crippen LogP contribution >= 0.6 is 22.9 Å². The highest BCUT2D eigenvalue weighted by Gasteiger charge is 2.23. The lowest BCUT2D eigenvalue weighted by molar-refractivity contribution is 0.0772. The summed E-state index contributed by atoms with van der Waals surface area (Å²) in [6, 6.07) is 3.81. The average Bonchev–Trinajstić information content (AvgIpc) is 2.98. The largest absolute Gasteiger partial charge is 0.354 e. The first kappa shape index (κ1) is 17.2. The molecule has 7 heteroatoms. The molecule has 0 radical (unpaired) electrons. The Kier molecular flexibility index (Phi) is 5.36. The van der Waals surface area contributed by atoms with Crippen molar-refractivity contribution >= 4 is 34.7 Å². The van der Waals surface area contributed by atoms with Crippen molar-refractivity contribution in [2.24, 2.45) is 0 Å². The summed E-state index contributed by atoms with van der Waals surface area (Å²) in [5.41, 5.74) is 0.986. The van der Waals surface area contributed by atoms with Crippen molar-refractivity contribution in [2.75, 3.05) is 31.1 Å². The Morgan fingerprint density at radius 2 is 2.12 bits per heavy atom. The molecule has 2 aromatic heterocycles. The fourth-order valence-corrected chi connectivity index (χ4v) is 4.03. The van der Waals surface area contributed by atoms with Crippen molar-refractivity contribution < 1.29 is 4.79 Å². The molecule has 24 heavy (non-hydrogen) atoms. The van der Waals surface area contributed by atoms with Gasteiger partial charge < -0.3 is 9.80 Å². The van der Waals surface area contributed by atoms with Gasteiger partial charge in [0.15, 0.2) is 0 Å². The first-order valence-electron chi connectivity index (χ1n) is 8.21. The molecule has 2 aromatic rings. The summed E-state index contributed by atoms with van der Waals surface area (Å²) in [5, 5.41) is 2.48. The smallest absolute Gasteiger partial charge is 0.263 e. The third-order valence-corrected chi connectivity index (χ3v) is 5.39. The van der Waals surface area contributed by atoms with Crippen molar-refractivity contribution in [3.63, 3.8) is 0 Å². The van der Waals surface area contributed by atoms with Gasteiger partial charge in [-0.15, -0.1) is 11.3 Å². The quantitative estimate of drug-likeness (QED) is 0.783. The zero-order chi connectivity index (χ0) is 17.1. The molecule has 1 amide bonds. The molecule has 3 heterocycles. The van der Waals surface area contributed by atoms with Gasteiger partial charge in [0.1, 0.15) is 16.8 Å². The van der Waals surface area contributed by atoms with E-state index in [1.807, 2.05) is 29.3 Å². The van der Waals surface area contributed by atoms with E-state index in [1.54, 1.807) is 0 Å². The van der Waals surface area contributed by atoms with Crippen LogP contribution in [0, 0.1) is 6.92 Å². The molecule has 1 aliphatic rings. The van der Waals surface area contributed by atoms with Gasteiger partial charge in [-0.3, -0.25) is 4.79 Å². The molecule has 0 saturated carbocycles. The van der Waals surface area contributed by atoms with E-state index in [2.05, 4.69) is 21.8 Å². The van der Waals surface area contributed by atoms with E-state index in [0.29, 0.717) is 17.5 Å². The van der Waals surface area contributed by atoms with Crippen LogP contribution in [0.4, 0.5) is 5.82 Å². The van der Waals surface area contributed by atoms with Crippen LogP contribution in [-0.4, -0.2) is 47.0 Å². The molecule has 0 N–H and O–H groups in total. The number of nitrogens with zero attached hydrogens (tertiary/aromatic N) is 4. The maximum Gasteiger partial charge on any atom is 0.263 e. The van der Waals surface area contributed by atoms with Gasteiger partial charge in [0.2, 0.25) is 0 Å². The normalized spacial score (nSPS) is 15.5. The molecule has 1 fully saturated rings. The third-order valence-electron chi connectivity index (χ3n) is 4.21. The second kappa shape index (κ2) is 7.49. The molecule has 0 aromatic carbocycles. The maximum atomic E-state index is 12.6. The van der Waals surface area contributed by atoms with E-state index in [1.165, 1.54) is 11.3 Å². The van der Waals surface area contributed by atoms with Crippen LogP contribution in [0.1, 0.15) is 34.4 Å². The molecule has 0 spiro atoms. The Labute approximate surface area is 151 Å². The van der Waals surface area contributed by atoms with Crippen molar-refractivity contribution in [3.05, 3.63) is 38.9 Å². The van der Waals surface area contributed by atoms with E-state index in [4.69, 9.17) is 11.6 Å². The topological polar surface area (TPSA) is 49.3 Å². The number of hydrogen-bond donors (Lipinski definition) is 0. The van der Waals surface area contributed by atoms with Crippen molar-refractivity contribution in [1.82, 2.24) is 14.9 Å². The number of halogens is 1. The minimum absolute atomic E-state index is 0.125. The molecule has 1 aliphatic heterocycles. The fraction of sp³-hybridized carbons (Fsp3) is 0.471. The number of thiophene rings is 1. The summed E-state index contributed by atoms with van der Waals surface area (Å²) < 4.78 is 0. The van der Waals surface area contributed by atoms with Gasteiger partial charge in [0, 0.05) is 31.7 Å². The van der Waals surface area contributed by atoms with Crippen LogP contribution in [0.5, 0.6) is 0 Å². The second-order valence-electron chi connectivity index (χ2n) is 5.83. The average molecular weight is 365 g/mol. The van der Waals surface area contributed by atoms with Crippen LogP contribution in [0.2, 0.25) is 5.15 Å². The summed E-state index contributed by atoms with van der Waals surface area (Å²) in [4.78, 5) is 26.4. The summed E-state index contributed by atoms with van der Waals surface area (Å²) in [6.07, 6.45) is 1.71. The standard InChI is InChI=1S/C17H21ClN4OS/c1-3-13-15(18)19-12(2)20-16(13)21-7-5-8-22(10-9-21)17(23)14-6-4-11-24-14/h4,6,11H,3,5,7-10H2,1-2H3. The van der Waals surface area contributed by atoms with Crippen LogP contribution in [0.15, 0.2) is 17.5 Å². The second-order valence-corrected chi connectivity index (χ2v) is 7.13. The lowest BCUT2D eigenvalue weighted by Crippen LogP contribution is -2.35. The van der Waals surface area contributed by atoms with E-state index in [-0.39, 0.29) is 5.91 Å². The number of anilines is 1. The summed E-state index contributed by atoms with van der Waals surface area (Å²) >= 11 is 7.80. The van der Waals surface area contributed by atoms with Gasteiger partial charge in [0.25, 0.3) is 5.91 Å². The highest BCUT2D eigenvalue weighted by Crippen LogP contribution is 2.26. The van der Waals surface area contributed by atoms with E-state index >= 15 is 0 Å². The van der Waals surface area contributed by atoms with Crippen LogP contribution in [0.25, 0.3) is 0 Å². The Bertz CT molecular complexity index is 720. The molecule has 1 saturated heterocycles. The van der Waals surface area contributed by atoms with E-state index in [9.17, 15) is 4.79 Å². The van der Waals surface area contributed by atoms with Crippen LogP contribution in [-0.2, 0) is 6.42 Å². The number of rotatable bonds is 3. The van der Waals surface area contributed by atoms with Crippen molar-refractivity contribution in [2.45, 2.75) is 26.7 Å². The van der Waals surface area contributed by atoms with Gasteiger partial charge in [-0.25, -0.2) is 9.97 Å². The van der Waals surface area contributed by atoms with Gasteiger partial charge >= 0.3 is 0 Å². The Morgan fingerprint density at radius 3 is 2.83 bits per heavy atom. The molecule has 5 nitrogen and oxygen atoms in total. The maximum absolute atomic E-state index is 12.6. The predicted molar refractivity (Wildman–Crippen MR) is 98.2 cm³/mol. The number of hydrogen-bond acceptors (Lipinski definition) is 5. The molecule has 128 valence electrons. The van der Waals surface area contributed by atoms with Crippen LogP contribution in [0.3, 0.4) is 0 Å². The number of aromatic nitrogens is 2. The zero-order valence-electron chi connectivity index (χ0n) is 14.0. The van der Waals surface area contributed by atoms with Crippen molar-refractivity contribution in [3.8, 4) is 0 Å². The summed E-state index contributed by atoms with van der Waals surface area (Å²) in [6.45, 7) is 7.02. The highest BCUT2D eigenvalue weighted by molar-refractivity contribution is 7.12. The molecule has 0 unspecified atom stereocenters. The monoisotopic (exact) mass is 364 g/mol. The van der Waals surface area contributed by atoms with Crippen LogP contribution < -0.4 is 4.90 Å². The fourth-order valence-electron chi connectivity index (χ4n) is 3.00. The predicted octanol–water partition coefficient (Wildman–Crippen LogP) is 3.41. The Morgan fingerprint density at radius 1 is 1.29 bits per heavy atom. The first-order chi connectivity index (χ1) is 11.6. The van der Waals surface area contributed by atoms with Gasteiger partial charge in [-0.05, 0) is 31.2 Å². The minimum Gasteiger partial charge on any atom is -0.354 e. The molecule has 0 aliphatic carbocycles. The van der Waals surface area contributed by atoms with Gasteiger partial charge in [-0.1, -0.05) is 24.6 Å². The molecular weight excluding hydrogens is 344 g/mol. The molecule has 0 atom stereocenters. The Hall–Kier alpha value is -1.66. The zero-order valence-corrected chi connectivity index (χ0v) is 15.5. The molecular formula is C17H21ClN4OS. The van der Waals surface area contributed by atoms with Gasteiger partial charge in [-0.2, -0.15) is 0 Å². The highest BCUT2D eigenvalue weighted by atomic mass is 35.5. The van der Waals surface area contributed by atoms with Crippen molar-refractivity contribution in [1.29, 1.82) is 0 Å². The number of carbonyl (C=O) groups excluding carboxylic acids is 1. The number of carbonyl (C=O) groups is 1. The lowest BCUT2D eigenvalue weighted by atomic mass is 10.2. The lowest BCUT2D eigenvalue weighted by Gasteiger charge is -2.25. The van der Waals surface area contributed by atoms with E-state index in [0.717, 1.165) is 48.7 Å². The number of aryl methyl sites for hydroxylation is 1. The SMILES string of the molecule is CCc1c(Cl)nc(C)nc1N1CCCN(C(=O)c2cccs2)CC1.